The summed E-state index contributed by atoms with van der Waals surface area (Å²) >= 11 is 0. The molecule has 0 heterocycles. The molecular weight excluding hydrogens is 286 g/mol. The number of carbonyl (C=O) groups excluding carboxylic acids is 1. The maximum absolute atomic E-state index is 12.0. The van der Waals surface area contributed by atoms with Crippen molar-refractivity contribution in [1.82, 2.24) is 0 Å². The van der Waals surface area contributed by atoms with E-state index in [-0.39, 0.29) is 17.8 Å². The molecule has 0 spiro atoms. The van der Waals surface area contributed by atoms with E-state index in [0.717, 1.165) is 12.0 Å². The van der Waals surface area contributed by atoms with E-state index in [1.807, 2.05) is 67.6 Å². The number of allylic oxidation sites excluding steroid dienone is 1. The van der Waals surface area contributed by atoms with Crippen molar-refractivity contribution in [3.8, 4) is 0 Å². The molecule has 1 aliphatic rings. The molecule has 3 heteroatoms. The molecule has 2 aromatic carbocycles. The summed E-state index contributed by atoms with van der Waals surface area (Å²) in [6.45, 7) is 1.81. The second kappa shape index (κ2) is 7.05. The van der Waals surface area contributed by atoms with Crippen molar-refractivity contribution in [2.24, 2.45) is 11.1 Å². The monoisotopic (exact) mass is 305 g/mol. The first kappa shape index (κ1) is 15.2. The molecule has 3 nitrogen and oxygen atoms in total. The molecule has 0 saturated heterocycles. The quantitative estimate of drug-likeness (QED) is 0.466. The van der Waals surface area contributed by atoms with Gasteiger partial charge in [0.05, 0.1) is 11.6 Å². The number of hydrogen-bond donors (Lipinski definition) is 0. The summed E-state index contributed by atoms with van der Waals surface area (Å²) in [4.78, 5) is 17.1. The van der Waals surface area contributed by atoms with E-state index in [2.05, 4.69) is 17.3 Å². The fourth-order valence-corrected chi connectivity index (χ4v) is 2.52. The highest BCUT2D eigenvalue weighted by Crippen LogP contribution is 2.48. The Morgan fingerprint density at radius 3 is 2.43 bits per heavy atom. The summed E-state index contributed by atoms with van der Waals surface area (Å²) in [5.41, 5.74) is 2.94. The van der Waals surface area contributed by atoms with Crippen LogP contribution in [0.4, 0.5) is 0 Å². The van der Waals surface area contributed by atoms with Crippen molar-refractivity contribution in [2.45, 2.75) is 19.3 Å². The van der Waals surface area contributed by atoms with Gasteiger partial charge < -0.3 is 4.84 Å². The van der Waals surface area contributed by atoms with Crippen LogP contribution >= 0.6 is 0 Å². The van der Waals surface area contributed by atoms with Gasteiger partial charge in [0.2, 0.25) is 0 Å². The molecule has 3 rings (SSSR count). The van der Waals surface area contributed by atoms with Crippen molar-refractivity contribution in [3.05, 3.63) is 77.9 Å². The van der Waals surface area contributed by atoms with E-state index in [4.69, 9.17) is 4.84 Å². The van der Waals surface area contributed by atoms with Crippen LogP contribution in [-0.4, -0.2) is 11.7 Å². The zero-order valence-electron chi connectivity index (χ0n) is 13.1. The smallest absolute Gasteiger partial charge is 0.318 e. The topological polar surface area (TPSA) is 38.7 Å². The summed E-state index contributed by atoms with van der Waals surface area (Å²) in [7, 11) is 0. The van der Waals surface area contributed by atoms with E-state index in [0.29, 0.717) is 5.71 Å². The van der Waals surface area contributed by atoms with Gasteiger partial charge in [-0.15, -0.1) is 0 Å². The predicted octanol–water partition coefficient (Wildman–Crippen LogP) is 4.42. The van der Waals surface area contributed by atoms with E-state index < -0.39 is 0 Å². The van der Waals surface area contributed by atoms with Gasteiger partial charge in [0.1, 0.15) is 0 Å². The molecule has 23 heavy (non-hydrogen) atoms. The Bertz CT molecular complexity index is 720. The Balaban J connectivity index is 1.52. The Morgan fingerprint density at radius 1 is 1.09 bits per heavy atom. The number of rotatable bonds is 5. The lowest BCUT2D eigenvalue weighted by Crippen LogP contribution is -2.05. The number of hydrogen-bond acceptors (Lipinski definition) is 3. The van der Waals surface area contributed by atoms with Crippen molar-refractivity contribution in [2.75, 3.05) is 0 Å². The highest BCUT2D eigenvalue weighted by molar-refractivity contribution is 5.96. The Hall–Kier alpha value is -2.68. The summed E-state index contributed by atoms with van der Waals surface area (Å²) in [5, 5.41) is 3.91. The van der Waals surface area contributed by atoms with Crippen LogP contribution in [0.5, 0.6) is 0 Å². The molecule has 0 unspecified atom stereocenters. The predicted molar refractivity (Wildman–Crippen MR) is 92.0 cm³/mol. The molecule has 0 aromatic heterocycles. The Morgan fingerprint density at radius 2 is 1.74 bits per heavy atom. The molecule has 0 aliphatic heterocycles. The van der Waals surface area contributed by atoms with Crippen LogP contribution in [-0.2, 0) is 9.63 Å². The molecule has 0 radical (unpaired) electrons. The zero-order valence-corrected chi connectivity index (χ0v) is 13.1. The minimum atomic E-state index is -0.244. The number of oxime groups is 1. The zero-order chi connectivity index (χ0) is 16.1. The van der Waals surface area contributed by atoms with E-state index in [1.54, 1.807) is 0 Å². The van der Waals surface area contributed by atoms with Gasteiger partial charge in [-0.1, -0.05) is 71.9 Å². The van der Waals surface area contributed by atoms with Crippen LogP contribution in [0, 0.1) is 5.92 Å². The molecule has 0 amide bonds. The average Bonchev–Trinajstić information content (AvgIpc) is 3.40. The van der Waals surface area contributed by atoms with Gasteiger partial charge in [0, 0.05) is 0 Å². The van der Waals surface area contributed by atoms with Crippen LogP contribution in [0.3, 0.4) is 0 Å². The second-order valence-electron chi connectivity index (χ2n) is 5.75. The third kappa shape index (κ3) is 4.16. The largest absolute Gasteiger partial charge is 0.338 e. The fraction of sp³-hybridized carbons (Fsp3) is 0.200. The van der Waals surface area contributed by atoms with Gasteiger partial charge in [0.15, 0.2) is 0 Å². The minimum absolute atomic E-state index is 0.0629. The van der Waals surface area contributed by atoms with Crippen molar-refractivity contribution in [1.29, 1.82) is 0 Å². The SMILES string of the molecule is CC(/C=C/c1ccccc1)=N\OC(=O)[C@H]1C[C@H]1c1ccccc1. The summed E-state index contributed by atoms with van der Waals surface area (Å²) in [6.07, 6.45) is 4.62. The summed E-state index contributed by atoms with van der Waals surface area (Å²) < 4.78 is 0. The van der Waals surface area contributed by atoms with E-state index >= 15 is 0 Å². The van der Waals surface area contributed by atoms with Crippen LogP contribution in [0.2, 0.25) is 0 Å². The highest BCUT2D eigenvalue weighted by atomic mass is 16.7. The van der Waals surface area contributed by atoms with Gasteiger partial charge >= 0.3 is 5.97 Å². The Kier molecular flexibility index (Phi) is 4.67. The maximum Gasteiger partial charge on any atom is 0.338 e. The molecule has 1 saturated carbocycles. The van der Waals surface area contributed by atoms with Gasteiger partial charge in [-0.05, 0) is 36.5 Å². The second-order valence-corrected chi connectivity index (χ2v) is 5.75. The lowest BCUT2D eigenvalue weighted by atomic mass is 10.1. The third-order valence-corrected chi connectivity index (χ3v) is 3.92. The van der Waals surface area contributed by atoms with E-state index in [9.17, 15) is 4.79 Å². The molecule has 2 atom stereocenters. The Labute approximate surface area is 136 Å². The van der Waals surface area contributed by atoms with Crippen molar-refractivity contribution < 1.29 is 9.63 Å². The van der Waals surface area contributed by atoms with Crippen LogP contribution in [0.15, 0.2) is 71.9 Å². The van der Waals surface area contributed by atoms with Gasteiger partial charge in [-0.3, -0.25) is 0 Å². The van der Waals surface area contributed by atoms with Gasteiger partial charge in [0.25, 0.3) is 0 Å². The molecule has 1 aliphatic carbocycles. The highest BCUT2D eigenvalue weighted by Gasteiger charge is 2.45. The van der Waals surface area contributed by atoms with Crippen LogP contribution < -0.4 is 0 Å². The van der Waals surface area contributed by atoms with E-state index in [1.165, 1.54) is 5.56 Å². The molecule has 1 fully saturated rings. The molecule has 0 N–H and O–H groups in total. The average molecular weight is 305 g/mol. The van der Waals surface area contributed by atoms with Crippen LogP contribution in [0.25, 0.3) is 6.08 Å². The number of nitrogens with zero attached hydrogens (tertiary/aromatic N) is 1. The van der Waals surface area contributed by atoms with Gasteiger partial charge in [-0.2, -0.15) is 0 Å². The molecule has 116 valence electrons. The summed E-state index contributed by atoms with van der Waals surface area (Å²) in [6, 6.07) is 20.0. The standard InChI is InChI=1S/C20H19NO2/c1-15(12-13-16-8-4-2-5-9-16)21-23-20(22)19-14-18(19)17-10-6-3-7-11-17/h2-13,18-19H,14H2,1H3/b13-12+,21-15+/t18-,19-/m0/s1. The minimum Gasteiger partial charge on any atom is -0.318 e. The first-order valence-corrected chi connectivity index (χ1v) is 7.77. The number of carbonyl (C=O) groups is 1. The molecular formula is C20H19NO2. The normalized spacial score (nSPS) is 20.5. The molecule has 2 aromatic rings. The van der Waals surface area contributed by atoms with Crippen molar-refractivity contribution in [3.63, 3.8) is 0 Å². The lowest BCUT2D eigenvalue weighted by molar-refractivity contribution is -0.145. The molecule has 0 bridgehead atoms. The third-order valence-electron chi connectivity index (χ3n) is 3.92. The fourth-order valence-electron chi connectivity index (χ4n) is 2.52. The van der Waals surface area contributed by atoms with Crippen molar-refractivity contribution >= 4 is 17.8 Å². The lowest BCUT2D eigenvalue weighted by Gasteiger charge is -1.99. The first-order valence-electron chi connectivity index (χ1n) is 7.77. The van der Waals surface area contributed by atoms with Gasteiger partial charge in [-0.25, -0.2) is 4.79 Å². The van der Waals surface area contributed by atoms with Crippen LogP contribution in [0.1, 0.15) is 30.4 Å². The number of benzene rings is 2. The first-order chi connectivity index (χ1) is 11.2. The maximum atomic E-state index is 12.0. The summed E-state index contributed by atoms with van der Waals surface area (Å²) in [5.74, 6) is -0.0302.